The van der Waals surface area contributed by atoms with E-state index >= 15 is 0 Å². The van der Waals surface area contributed by atoms with Crippen LogP contribution in [0.1, 0.15) is 43.0 Å². The van der Waals surface area contributed by atoms with Gasteiger partial charge in [0.1, 0.15) is 0 Å². The Balaban J connectivity index is 1.61. The molecule has 2 aliphatic heterocycles. The number of nitrogens with zero attached hydrogens (tertiary/aromatic N) is 2. The number of hydrogen-bond acceptors (Lipinski definition) is 3. The molecular weight excluding hydrogens is 316 g/mol. The van der Waals surface area contributed by atoms with Crippen LogP contribution in [-0.4, -0.2) is 60.5 Å². The Morgan fingerprint density at radius 1 is 1.16 bits per heavy atom. The predicted octanol–water partition coefficient (Wildman–Crippen LogP) is 2.53. The van der Waals surface area contributed by atoms with Crippen molar-refractivity contribution in [2.75, 3.05) is 38.0 Å². The Hall–Kier alpha value is -2.08. The molecule has 6 nitrogen and oxygen atoms in total. The lowest BCUT2D eigenvalue weighted by molar-refractivity contribution is 0.0956. The summed E-state index contributed by atoms with van der Waals surface area (Å²) in [4.78, 5) is 29.1. The van der Waals surface area contributed by atoms with Crippen LogP contribution in [0.2, 0.25) is 0 Å². The summed E-state index contributed by atoms with van der Waals surface area (Å²) in [5.74, 6) is -0.119. The number of nitrogens with one attached hydrogen (secondary N) is 2. The van der Waals surface area contributed by atoms with Crippen molar-refractivity contribution >= 4 is 17.6 Å². The van der Waals surface area contributed by atoms with Crippen LogP contribution in [-0.2, 0) is 0 Å². The van der Waals surface area contributed by atoms with E-state index in [4.69, 9.17) is 0 Å². The molecule has 2 N–H and O–H groups in total. The lowest BCUT2D eigenvalue weighted by Gasteiger charge is -2.28. The van der Waals surface area contributed by atoms with Gasteiger partial charge in [-0.3, -0.25) is 4.79 Å². The van der Waals surface area contributed by atoms with Gasteiger partial charge in [-0.2, -0.15) is 0 Å². The van der Waals surface area contributed by atoms with Crippen LogP contribution >= 0.6 is 0 Å². The monoisotopic (exact) mass is 344 g/mol. The Kier molecular flexibility index (Phi) is 5.91. The second-order valence-corrected chi connectivity index (χ2v) is 6.87. The number of urea groups is 1. The van der Waals surface area contributed by atoms with E-state index < -0.39 is 0 Å². The van der Waals surface area contributed by atoms with Crippen LogP contribution in [0, 0.1) is 0 Å². The van der Waals surface area contributed by atoms with Gasteiger partial charge in [0.2, 0.25) is 0 Å². The van der Waals surface area contributed by atoms with Crippen LogP contribution in [0.25, 0.3) is 0 Å². The van der Waals surface area contributed by atoms with E-state index in [1.807, 2.05) is 17.9 Å². The maximum Gasteiger partial charge on any atom is 0.322 e. The summed E-state index contributed by atoms with van der Waals surface area (Å²) in [5, 5.41) is 5.74. The van der Waals surface area contributed by atoms with Gasteiger partial charge in [-0.1, -0.05) is 6.07 Å². The first-order valence-electron chi connectivity index (χ1n) is 9.35. The van der Waals surface area contributed by atoms with Gasteiger partial charge in [-0.25, -0.2) is 4.79 Å². The largest absolute Gasteiger partial charge is 0.352 e. The van der Waals surface area contributed by atoms with Crippen molar-refractivity contribution in [1.82, 2.24) is 15.1 Å². The standard InChI is InChI=1S/C19H28N4O2/c1-2-20-18(24)15-7-5-8-16(13-15)21-19(25)23-12-6-9-17(23)14-22-10-3-4-11-22/h5,7-8,13,17H,2-4,6,9-12,14H2,1H3,(H,20,24)(H,21,25). The molecule has 0 bridgehead atoms. The van der Waals surface area contributed by atoms with E-state index in [9.17, 15) is 9.59 Å². The number of anilines is 1. The summed E-state index contributed by atoms with van der Waals surface area (Å²) in [6, 6.07) is 7.35. The zero-order valence-electron chi connectivity index (χ0n) is 15.0. The molecule has 1 unspecified atom stereocenters. The molecule has 3 amide bonds. The third-order valence-corrected chi connectivity index (χ3v) is 5.02. The number of carbonyl (C=O) groups is 2. The van der Waals surface area contributed by atoms with Gasteiger partial charge in [0, 0.05) is 36.9 Å². The van der Waals surface area contributed by atoms with Crippen LogP contribution < -0.4 is 10.6 Å². The van der Waals surface area contributed by atoms with Gasteiger partial charge in [-0.05, 0) is 63.9 Å². The van der Waals surface area contributed by atoms with Crippen molar-refractivity contribution in [3.05, 3.63) is 29.8 Å². The minimum atomic E-state index is -0.119. The van der Waals surface area contributed by atoms with Gasteiger partial charge in [0.15, 0.2) is 0 Å². The smallest absolute Gasteiger partial charge is 0.322 e. The van der Waals surface area contributed by atoms with Gasteiger partial charge < -0.3 is 20.4 Å². The highest BCUT2D eigenvalue weighted by molar-refractivity contribution is 5.96. The molecule has 2 aliphatic rings. The zero-order chi connectivity index (χ0) is 17.6. The summed E-state index contributed by atoms with van der Waals surface area (Å²) < 4.78 is 0. The molecule has 2 saturated heterocycles. The predicted molar refractivity (Wildman–Crippen MR) is 98.9 cm³/mol. The summed E-state index contributed by atoms with van der Waals surface area (Å²) in [6.07, 6.45) is 4.67. The van der Waals surface area contributed by atoms with Gasteiger partial charge in [0.25, 0.3) is 5.91 Å². The first-order valence-corrected chi connectivity index (χ1v) is 9.35. The van der Waals surface area contributed by atoms with E-state index in [0.29, 0.717) is 23.8 Å². The number of amides is 3. The van der Waals surface area contributed by atoms with Crippen molar-refractivity contribution in [2.45, 2.75) is 38.6 Å². The average Bonchev–Trinajstić information content (AvgIpc) is 3.27. The third-order valence-electron chi connectivity index (χ3n) is 5.02. The molecular formula is C19H28N4O2. The fourth-order valence-electron chi connectivity index (χ4n) is 3.75. The van der Waals surface area contributed by atoms with E-state index in [-0.39, 0.29) is 11.9 Å². The maximum absolute atomic E-state index is 12.7. The van der Waals surface area contributed by atoms with Gasteiger partial charge in [-0.15, -0.1) is 0 Å². The van der Waals surface area contributed by atoms with Gasteiger partial charge >= 0.3 is 6.03 Å². The second kappa shape index (κ2) is 8.34. The molecule has 136 valence electrons. The zero-order valence-corrected chi connectivity index (χ0v) is 15.0. The van der Waals surface area contributed by atoms with Crippen LogP contribution in [0.15, 0.2) is 24.3 Å². The third kappa shape index (κ3) is 4.51. The topological polar surface area (TPSA) is 64.7 Å². The number of hydrogen-bond donors (Lipinski definition) is 2. The summed E-state index contributed by atoms with van der Waals surface area (Å²) in [6.45, 7) is 6.56. The average molecular weight is 344 g/mol. The lowest BCUT2D eigenvalue weighted by Crippen LogP contribution is -2.44. The molecule has 0 radical (unpaired) electrons. The molecule has 0 aromatic heterocycles. The molecule has 2 fully saturated rings. The molecule has 0 saturated carbocycles. The molecule has 2 heterocycles. The minimum Gasteiger partial charge on any atom is -0.352 e. The van der Waals surface area contributed by atoms with Crippen LogP contribution in [0.3, 0.4) is 0 Å². The Morgan fingerprint density at radius 2 is 1.96 bits per heavy atom. The molecule has 6 heteroatoms. The van der Waals surface area contributed by atoms with E-state index in [1.165, 1.54) is 12.8 Å². The van der Waals surface area contributed by atoms with Crippen LogP contribution in [0.5, 0.6) is 0 Å². The molecule has 1 atom stereocenters. The lowest BCUT2D eigenvalue weighted by atomic mass is 10.2. The highest BCUT2D eigenvalue weighted by atomic mass is 16.2. The fraction of sp³-hybridized carbons (Fsp3) is 0.579. The second-order valence-electron chi connectivity index (χ2n) is 6.87. The van der Waals surface area contributed by atoms with Crippen LogP contribution in [0.4, 0.5) is 10.5 Å². The molecule has 1 aromatic rings. The Morgan fingerprint density at radius 3 is 2.72 bits per heavy atom. The highest BCUT2D eigenvalue weighted by Crippen LogP contribution is 2.22. The molecule has 0 aliphatic carbocycles. The number of benzene rings is 1. The van der Waals surface area contributed by atoms with Crippen molar-refractivity contribution in [2.24, 2.45) is 0 Å². The van der Waals surface area contributed by atoms with Crippen molar-refractivity contribution in [1.29, 1.82) is 0 Å². The first-order chi connectivity index (χ1) is 12.2. The molecule has 1 aromatic carbocycles. The Bertz CT molecular complexity index is 613. The highest BCUT2D eigenvalue weighted by Gasteiger charge is 2.30. The number of rotatable bonds is 5. The SMILES string of the molecule is CCNC(=O)c1cccc(NC(=O)N2CCCC2CN2CCCC2)c1. The summed E-state index contributed by atoms with van der Waals surface area (Å²) in [5.41, 5.74) is 1.23. The number of carbonyl (C=O) groups excluding carboxylic acids is 2. The molecule has 3 rings (SSSR count). The molecule has 25 heavy (non-hydrogen) atoms. The number of likely N-dealkylation sites (tertiary alicyclic amines) is 2. The quantitative estimate of drug-likeness (QED) is 0.863. The van der Waals surface area contributed by atoms with Gasteiger partial charge in [0.05, 0.1) is 0 Å². The Labute approximate surface area is 149 Å². The normalized spacial score (nSPS) is 20.7. The summed E-state index contributed by atoms with van der Waals surface area (Å²) >= 11 is 0. The first kappa shape index (κ1) is 17.7. The van der Waals surface area contributed by atoms with Crippen molar-refractivity contribution in [3.63, 3.8) is 0 Å². The van der Waals surface area contributed by atoms with Crippen molar-refractivity contribution < 1.29 is 9.59 Å². The fourth-order valence-corrected chi connectivity index (χ4v) is 3.75. The van der Waals surface area contributed by atoms with E-state index in [0.717, 1.165) is 39.0 Å². The minimum absolute atomic E-state index is 0.0604. The summed E-state index contributed by atoms with van der Waals surface area (Å²) in [7, 11) is 0. The van der Waals surface area contributed by atoms with E-state index in [1.54, 1.807) is 18.2 Å². The van der Waals surface area contributed by atoms with E-state index in [2.05, 4.69) is 15.5 Å². The molecule has 0 spiro atoms. The maximum atomic E-state index is 12.7. The van der Waals surface area contributed by atoms with Crippen molar-refractivity contribution in [3.8, 4) is 0 Å².